The van der Waals surface area contributed by atoms with Crippen molar-refractivity contribution in [1.82, 2.24) is 4.98 Å². The van der Waals surface area contributed by atoms with Gasteiger partial charge in [-0.05, 0) is 30.9 Å². The summed E-state index contributed by atoms with van der Waals surface area (Å²) in [6, 6.07) is 11.2. The van der Waals surface area contributed by atoms with Crippen molar-refractivity contribution in [2.24, 2.45) is 5.92 Å². The number of nitrogens with one attached hydrogen (secondary N) is 1. The second-order valence-corrected chi connectivity index (χ2v) is 5.62. The van der Waals surface area contributed by atoms with E-state index in [-0.39, 0.29) is 0 Å². The van der Waals surface area contributed by atoms with Gasteiger partial charge in [-0.2, -0.15) is 0 Å². The van der Waals surface area contributed by atoms with Crippen LogP contribution in [0.5, 0.6) is 0 Å². The van der Waals surface area contributed by atoms with Gasteiger partial charge in [-0.1, -0.05) is 44.4 Å². The molecule has 1 saturated carbocycles. The summed E-state index contributed by atoms with van der Waals surface area (Å²) in [5.41, 5.74) is 2.24. The summed E-state index contributed by atoms with van der Waals surface area (Å²) in [5.74, 6) is 0.820. The van der Waals surface area contributed by atoms with Gasteiger partial charge in [0.15, 0.2) is 0 Å². The Kier molecular flexibility index (Phi) is 3.67. The summed E-state index contributed by atoms with van der Waals surface area (Å²) in [6.07, 6.45) is 8.67. The van der Waals surface area contributed by atoms with E-state index in [0.29, 0.717) is 6.04 Å². The predicted octanol–water partition coefficient (Wildman–Crippen LogP) is 4.62. The number of pyridine rings is 1. The molecule has 0 aliphatic heterocycles. The molecule has 1 aromatic carbocycles. The molecule has 1 N–H and O–H groups in total. The highest BCUT2D eigenvalue weighted by Crippen LogP contribution is 2.29. The van der Waals surface area contributed by atoms with Crippen LogP contribution in [0.15, 0.2) is 36.5 Å². The standard InChI is InChI=1S/C17H22N2/c1-2-13-7-3-6-10-17(13)19-15-11-14-8-4-5-9-16(14)18-12-15/h4-5,8-9,11-13,17,19H,2-3,6-7,10H2,1H3. The van der Waals surface area contributed by atoms with E-state index in [1.54, 1.807) is 0 Å². The Hall–Kier alpha value is -1.57. The lowest BCUT2D eigenvalue weighted by Crippen LogP contribution is -2.31. The maximum Gasteiger partial charge on any atom is 0.0703 e. The number of hydrogen-bond acceptors (Lipinski definition) is 2. The fourth-order valence-corrected chi connectivity index (χ4v) is 3.25. The first-order chi connectivity index (χ1) is 9.36. The fourth-order valence-electron chi connectivity index (χ4n) is 3.25. The summed E-state index contributed by atoms with van der Waals surface area (Å²) in [4.78, 5) is 4.54. The second kappa shape index (κ2) is 5.60. The average Bonchev–Trinajstić information content (AvgIpc) is 2.48. The SMILES string of the molecule is CCC1CCCCC1Nc1cnc2ccccc2c1. The second-order valence-electron chi connectivity index (χ2n) is 5.62. The summed E-state index contributed by atoms with van der Waals surface area (Å²) < 4.78 is 0. The minimum Gasteiger partial charge on any atom is -0.381 e. The molecule has 0 radical (unpaired) electrons. The quantitative estimate of drug-likeness (QED) is 0.864. The van der Waals surface area contributed by atoms with Crippen LogP contribution >= 0.6 is 0 Å². The largest absolute Gasteiger partial charge is 0.381 e. The Morgan fingerprint density at radius 1 is 1.21 bits per heavy atom. The highest BCUT2D eigenvalue weighted by atomic mass is 14.9. The van der Waals surface area contributed by atoms with Crippen molar-refractivity contribution in [1.29, 1.82) is 0 Å². The van der Waals surface area contributed by atoms with Gasteiger partial charge in [-0.25, -0.2) is 0 Å². The molecule has 3 rings (SSSR count). The van der Waals surface area contributed by atoms with E-state index in [0.717, 1.165) is 11.4 Å². The van der Waals surface area contributed by atoms with E-state index in [4.69, 9.17) is 0 Å². The Morgan fingerprint density at radius 3 is 2.95 bits per heavy atom. The molecule has 1 aromatic heterocycles. The van der Waals surface area contributed by atoms with Crippen molar-refractivity contribution in [3.8, 4) is 0 Å². The van der Waals surface area contributed by atoms with Gasteiger partial charge in [0, 0.05) is 11.4 Å². The van der Waals surface area contributed by atoms with Crippen LogP contribution in [0.25, 0.3) is 10.9 Å². The van der Waals surface area contributed by atoms with Crippen LogP contribution in [-0.4, -0.2) is 11.0 Å². The number of anilines is 1. The predicted molar refractivity (Wildman–Crippen MR) is 81.4 cm³/mol. The molecule has 2 nitrogen and oxygen atoms in total. The minimum absolute atomic E-state index is 0.627. The van der Waals surface area contributed by atoms with Crippen LogP contribution in [-0.2, 0) is 0 Å². The van der Waals surface area contributed by atoms with Crippen molar-refractivity contribution in [3.05, 3.63) is 36.5 Å². The van der Waals surface area contributed by atoms with E-state index in [2.05, 4.69) is 41.5 Å². The van der Waals surface area contributed by atoms with Crippen LogP contribution in [0.3, 0.4) is 0 Å². The number of rotatable bonds is 3. The van der Waals surface area contributed by atoms with Crippen LogP contribution in [0.4, 0.5) is 5.69 Å². The number of para-hydroxylation sites is 1. The van der Waals surface area contributed by atoms with Crippen LogP contribution in [0, 0.1) is 5.92 Å². The van der Waals surface area contributed by atoms with Crippen molar-refractivity contribution < 1.29 is 0 Å². The van der Waals surface area contributed by atoms with Gasteiger partial charge in [-0.3, -0.25) is 4.98 Å². The van der Waals surface area contributed by atoms with Crippen molar-refractivity contribution in [3.63, 3.8) is 0 Å². The van der Waals surface area contributed by atoms with Crippen molar-refractivity contribution in [2.75, 3.05) is 5.32 Å². The number of fused-ring (bicyclic) bond motifs is 1. The molecule has 1 aliphatic carbocycles. The average molecular weight is 254 g/mol. The van der Waals surface area contributed by atoms with E-state index in [1.807, 2.05) is 12.3 Å². The van der Waals surface area contributed by atoms with Gasteiger partial charge < -0.3 is 5.32 Å². The third-order valence-corrected chi connectivity index (χ3v) is 4.38. The zero-order valence-electron chi connectivity index (χ0n) is 11.6. The zero-order valence-corrected chi connectivity index (χ0v) is 11.6. The Morgan fingerprint density at radius 2 is 2.05 bits per heavy atom. The van der Waals surface area contributed by atoms with Crippen LogP contribution in [0.2, 0.25) is 0 Å². The summed E-state index contributed by atoms with van der Waals surface area (Å²) in [5, 5.41) is 4.93. The topological polar surface area (TPSA) is 24.9 Å². The first kappa shape index (κ1) is 12.5. The van der Waals surface area contributed by atoms with Gasteiger partial charge in [0.25, 0.3) is 0 Å². The highest BCUT2D eigenvalue weighted by molar-refractivity contribution is 5.81. The number of nitrogens with zero attached hydrogens (tertiary/aromatic N) is 1. The maximum atomic E-state index is 4.54. The van der Waals surface area contributed by atoms with Crippen LogP contribution in [0.1, 0.15) is 39.0 Å². The van der Waals surface area contributed by atoms with Crippen molar-refractivity contribution >= 4 is 16.6 Å². The zero-order chi connectivity index (χ0) is 13.1. The normalized spacial score (nSPS) is 23.4. The smallest absolute Gasteiger partial charge is 0.0703 e. The fraction of sp³-hybridized carbons (Fsp3) is 0.471. The molecule has 0 spiro atoms. The third-order valence-electron chi connectivity index (χ3n) is 4.38. The van der Waals surface area contributed by atoms with Gasteiger partial charge in [-0.15, -0.1) is 0 Å². The monoisotopic (exact) mass is 254 g/mol. The maximum absolute atomic E-state index is 4.54. The molecule has 0 amide bonds. The molecule has 1 fully saturated rings. The number of aromatic nitrogens is 1. The summed E-state index contributed by atoms with van der Waals surface area (Å²) >= 11 is 0. The Labute approximate surface area is 115 Å². The van der Waals surface area contributed by atoms with Crippen LogP contribution < -0.4 is 5.32 Å². The molecule has 1 aliphatic rings. The first-order valence-corrected chi connectivity index (χ1v) is 7.48. The molecule has 1 heterocycles. The van der Waals surface area contributed by atoms with Gasteiger partial charge >= 0.3 is 0 Å². The molecule has 0 saturated heterocycles. The molecular weight excluding hydrogens is 232 g/mol. The highest BCUT2D eigenvalue weighted by Gasteiger charge is 2.23. The molecule has 19 heavy (non-hydrogen) atoms. The van der Waals surface area contributed by atoms with E-state index in [9.17, 15) is 0 Å². The molecule has 2 unspecified atom stereocenters. The molecule has 2 aromatic rings. The Balaban J connectivity index is 1.80. The number of benzene rings is 1. The minimum atomic E-state index is 0.627. The first-order valence-electron chi connectivity index (χ1n) is 7.48. The molecule has 0 bridgehead atoms. The lowest BCUT2D eigenvalue weighted by Gasteiger charge is -2.32. The molecule has 2 atom stereocenters. The molecule has 100 valence electrons. The third kappa shape index (κ3) is 2.73. The number of hydrogen-bond donors (Lipinski definition) is 1. The van der Waals surface area contributed by atoms with Crippen molar-refractivity contribution in [2.45, 2.75) is 45.1 Å². The van der Waals surface area contributed by atoms with E-state index in [1.165, 1.54) is 43.2 Å². The lowest BCUT2D eigenvalue weighted by molar-refractivity contribution is 0.317. The summed E-state index contributed by atoms with van der Waals surface area (Å²) in [6.45, 7) is 2.31. The Bertz CT molecular complexity index is 550. The van der Waals surface area contributed by atoms with E-state index < -0.39 is 0 Å². The van der Waals surface area contributed by atoms with E-state index >= 15 is 0 Å². The summed E-state index contributed by atoms with van der Waals surface area (Å²) in [7, 11) is 0. The van der Waals surface area contributed by atoms with Gasteiger partial charge in [0.2, 0.25) is 0 Å². The van der Waals surface area contributed by atoms with Gasteiger partial charge in [0.05, 0.1) is 17.4 Å². The lowest BCUT2D eigenvalue weighted by atomic mass is 9.83. The molecule has 2 heteroatoms. The van der Waals surface area contributed by atoms with Gasteiger partial charge in [0.1, 0.15) is 0 Å². The molecular formula is C17H22N2.